The van der Waals surface area contributed by atoms with Gasteiger partial charge in [0.25, 0.3) is 0 Å². The summed E-state index contributed by atoms with van der Waals surface area (Å²) in [6.45, 7) is 4.74. The number of nitrogens with zero attached hydrogens (tertiary/aromatic N) is 2. The lowest BCUT2D eigenvalue weighted by molar-refractivity contribution is -0.116. The molecule has 0 fully saturated rings. The number of carbonyl (C=O) groups excluding carboxylic acids is 1. The molecule has 0 spiro atoms. The van der Waals surface area contributed by atoms with Crippen LogP contribution < -0.4 is 10.6 Å². The summed E-state index contributed by atoms with van der Waals surface area (Å²) in [5.74, 6) is 0.837. The standard InChI is InChI=1S/C20H22N4O/c1-14-7-5-10-17(15(14)2)24-19(25)11-6-12-21-20-16-8-3-4-9-18(16)22-13-23-20/h3-5,7-10,13H,6,11-12H2,1-2H3,(H,24,25)(H,21,22,23). The molecular weight excluding hydrogens is 312 g/mol. The molecule has 0 bridgehead atoms. The van der Waals surface area contributed by atoms with E-state index in [0.717, 1.165) is 34.4 Å². The summed E-state index contributed by atoms with van der Waals surface area (Å²) in [4.78, 5) is 20.7. The quantitative estimate of drug-likeness (QED) is 0.667. The number of hydrogen-bond acceptors (Lipinski definition) is 4. The molecule has 5 nitrogen and oxygen atoms in total. The third-order valence-corrected chi connectivity index (χ3v) is 4.29. The van der Waals surface area contributed by atoms with Crippen LogP contribution in [-0.2, 0) is 4.79 Å². The molecule has 5 heteroatoms. The van der Waals surface area contributed by atoms with Gasteiger partial charge in [-0.2, -0.15) is 0 Å². The molecule has 1 amide bonds. The third kappa shape index (κ3) is 4.12. The van der Waals surface area contributed by atoms with Crippen LogP contribution in [0.25, 0.3) is 10.9 Å². The zero-order valence-electron chi connectivity index (χ0n) is 14.5. The molecule has 0 aliphatic carbocycles. The van der Waals surface area contributed by atoms with Crippen molar-refractivity contribution in [2.45, 2.75) is 26.7 Å². The molecule has 3 aromatic rings. The van der Waals surface area contributed by atoms with Crippen LogP contribution >= 0.6 is 0 Å². The van der Waals surface area contributed by atoms with Crippen molar-refractivity contribution in [3.8, 4) is 0 Å². The average Bonchev–Trinajstić information content (AvgIpc) is 2.63. The van der Waals surface area contributed by atoms with Crippen molar-refractivity contribution in [2.75, 3.05) is 17.2 Å². The van der Waals surface area contributed by atoms with Crippen LogP contribution in [0, 0.1) is 13.8 Å². The predicted octanol–water partition coefficient (Wildman–Crippen LogP) is 4.08. The number of rotatable bonds is 6. The summed E-state index contributed by atoms with van der Waals surface area (Å²) in [6.07, 6.45) is 2.75. The predicted molar refractivity (Wildman–Crippen MR) is 102 cm³/mol. The fourth-order valence-electron chi connectivity index (χ4n) is 2.70. The van der Waals surface area contributed by atoms with Crippen molar-refractivity contribution in [2.24, 2.45) is 0 Å². The fourth-order valence-corrected chi connectivity index (χ4v) is 2.70. The number of nitrogens with one attached hydrogen (secondary N) is 2. The second kappa shape index (κ2) is 7.75. The number of para-hydroxylation sites is 1. The van der Waals surface area contributed by atoms with Gasteiger partial charge in [-0.25, -0.2) is 9.97 Å². The number of hydrogen-bond donors (Lipinski definition) is 2. The minimum atomic E-state index is 0.0306. The van der Waals surface area contributed by atoms with Gasteiger partial charge in [0, 0.05) is 24.0 Å². The van der Waals surface area contributed by atoms with E-state index in [0.29, 0.717) is 13.0 Å². The second-order valence-electron chi connectivity index (χ2n) is 6.07. The van der Waals surface area contributed by atoms with E-state index in [2.05, 4.69) is 20.6 Å². The maximum atomic E-state index is 12.1. The Labute approximate surface area is 147 Å². The number of benzene rings is 2. The molecule has 0 aliphatic rings. The van der Waals surface area contributed by atoms with Gasteiger partial charge in [-0.05, 0) is 49.6 Å². The summed E-state index contributed by atoms with van der Waals surface area (Å²) in [5.41, 5.74) is 4.09. The smallest absolute Gasteiger partial charge is 0.224 e. The van der Waals surface area contributed by atoms with Crippen LogP contribution in [0.2, 0.25) is 0 Å². The Balaban J connectivity index is 1.51. The molecule has 0 atom stereocenters. The normalized spacial score (nSPS) is 10.6. The van der Waals surface area contributed by atoms with Gasteiger partial charge in [0.2, 0.25) is 5.91 Å². The van der Waals surface area contributed by atoms with Gasteiger partial charge in [-0.3, -0.25) is 4.79 Å². The fraction of sp³-hybridized carbons (Fsp3) is 0.250. The summed E-state index contributed by atoms with van der Waals surface area (Å²) in [5, 5.41) is 7.27. The van der Waals surface area contributed by atoms with Crippen LogP contribution in [0.4, 0.5) is 11.5 Å². The number of amides is 1. The largest absolute Gasteiger partial charge is 0.369 e. The lowest BCUT2D eigenvalue weighted by Crippen LogP contribution is -2.14. The summed E-state index contributed by atoms with van der Waals surface area (Å²) in [6, 6.07) is 13.8. The number of fused-ring (bicyclic) bond motifs is 1. The van der Waals surface area contributed by atoms with E-state index in [1.54, 1.807) is 6.33 Å². The highest BCUT2D eigenvalue weighted by Gasteiger charge is 2.06. The maximum absolute atomic E-state index is 12.1. The molecule has 0 aliphatic heterocycles. The summed E-state index contributed by atoms with van der Waals surface area (Å²) >= 11 is 0. The molecular formula is C20H22N4O. The first-order valence-electron chi connectivity index (χ1n) is 8.45. The molecule has 3 rings (SSSR count). The Morgan fingerprint density at radius 3 is 2.76 bits per heavy atom. The van der Waals surface area contributed by atoms with Gasteiger partial charge in [-0.15, -0.1) is 0 Å². The van der Waals surface area contributed by atoms with Gasteiger partial charge in [0.15, 0.2) is 0 Å². The first-order valence-corrected chi connectivity index (χ1v) is 8.45. The lowest BCUT2D eigenvalue weighted by Gasteiger charge is -2.11. The summed E-state index contributed by atoms with van der Waals surface area (Å²) in [7, 11) is 0. The van der Waals surface area contributed by atoms with Crippen LogP contribution in [0.15, 0.2) is 48.8 Å². The molecule has 1 heterocycles. The Morgan fingerprint density at radius 2 is 1.88 bits per heavy atom. The monoisotopic (exact) mass is 334 g/mol. The van der Waals surface area contributed by atoms with Crippen molar-refractivity contribution in [1.29, 1.82) is 0 Å². The van der Waals surface area contributed by atoms with Crippen LogP contribution in [0.5, 0.6) is 0 Å². The molecule has 0 saturated carbocycles. The number of aryl methyl sites for hydroxylation is 1. The van der Waals surface area contributed by atoms with E-state index < -0.39 is 0 Å². The van der Waals surface area contributed by atoms with Crippen molar-refractivity contribution in [1.82, 2.24) is 9.97 Å². The van der Waals surface area contributed by atoms with E-state index in [4.69, 9.17) is 0 Å². The lowest BCUT2D eigenvalue weighted by atomic mass is 10.1. The van der Waals surface area contributed by atoms with Gasteiger partial charge in [-0.1, -0.05) is 24.3 Å². The number of aromatic nitrogens is 2. The number of anilines is 2. The zero-order valence-corrected chi connectivity index (χ0v) is 14.5. The molecule has 128 valence electrons. The SMILES string of the molecule is Cc1cccc(NC(=O)CCCNc2ncnc3ccccc23)c1C. The molecule has 0 saturated heterocycles. The Morgan fingerprint density at radius 1 is 1.04 bits per heavy atom. The van der Waals surface area contributed by atoms with Gasteiger partial charge in [0.05, 0.1) is 5.52 Å². The Hall–Kier alpha value is -2.95. The van der Waals surface area contributed by atoms with E-state index in [1.165, 1.54) is 5.56 Å². The van der Waals surface area contributed by atoms with E-state index in [9.17, 15) is 4.79 Å². The van der Waals surface area contributed by atoms with Gasteiger partial charge in [0.1, 0.15) is 12.1 Å². The maximum Gasteiger partial charge on any atom is 0.224 e. The van der Waals surface area contributed by atoms with Crippen molar-refractivity contribution in [3.05, 3.63) is 59.9 Å². The van der Waals surface area contributed by atoms with E-state index in [-0.39, 0.29) is 5.91 Å². The highest BCUT2D eigenvalue weighted by Crippen LogP contribution is 2.19. The summed E-state index contributed by atoms with van der Waals surface area (Å²) < 4.78 is 0. The van der Waals surface area contributed by atoms with Crippen molar-refractivity contribution in [3.63, 3.8) is 0 Å². The second-order valence-corrected chi connectivity index (χ2v) is 6.07. The molecule has 1 aromatic heterocycles. The van der Waals surface area contributed by atoms with E-state index in [1.807, 2.05) is 56.3 Å². The van der Waals surface area contributed by atoms with Crippen LogP contribution in [0.3, 0.4) is 0 Å². The minimum Gasteiger partial charge on any atom is -0.369 e. The highest BCUT2D eigenvalue weighted by molar-refractivity contribution is 5.91. The van der Waals surface area contributed by atoms with Crippen LogP contribution in [-0.4, -0.2) is 22.4 Å². The first kappa shape index (κ1) is 16.9. The van der Waals surface area contributed by atoms with Crippen molar-refractivity contribution >= 4 is 28.3 Å². The zero-order chi connectivity index (χ0) is 17.6. The molecule has 0 unspecified atom stereocenters. The van der Waals surface area contributed by atoms with Crippen LogP contribution in [0.1, 0.15) is 24.0 Å². The molecule has 0 radical (unpaired) electrons. The first-order chi connectivity index (χ1) is 12.1. The average molecular weight is 334 g/mol. The topological polar surface area (TPSA) is 66.9 Å². The molecule has 25 heavy (non-hydrogen) atoms. The van der Waals surface area contributed by atoms with Crippen molar-refractivity contribution < 1.29 is 4.79 Å². The third-order valence-electron chi connectivity index (χ3n) is 4.29. The minimum absolute atomic E-state index is 0.0306. The van der Waals surface area contributed by atoms with Gasteiger partial charge < -0.3 is 10.6 Å². The van der Waals surface area contributed by atoms with Gasteiger partial charge >= 0.3 is 0 Å². The van der Waals surface area contributed by atoms with E-state index >= 15 is 0 Å². The Kier molecular flexibility index (Phi) is 5.23. The Bertz CT molecular complexity index is 887. The molecule has 2 aromatic carbocycles. The number of carbonyl (C=O) groups is 1. The highest BCUT2D eigenvalue weighted by atomic mass is 16.1. The molecule has 2 N–H and O–H groups in total.